The highest BCUT2D eigenvalue weighted by atomic mass is 79.9. The van der Waals surface area contributed by atoms with Crippen molar-refractivity contribution >= 4 is 50.7 Å². The number of hydrogen-bond acceptors (Lipinski definition) is 1. The Kier molecular flexibility index (Phi) is 5.78. The molecule has 2 aromatic carbocycles. The molecule has 0 N–H and O–H groups in total. The molecule has 0 spiro atoms. The van der Waals surface area contributed by atoms with Gasteiger partial charge in [-0.3, -0.25) is 0 Å². The van der Waals surface area contributed by atoms with Gasteiger partial charge in [-0.05, 0) is 30.7 Å². The normalized spacial score (nSPS) is 12.3. The summed E-state index contributed by atoms with van der Waals surface area (Å²) >= 11 is 22.1. The van der Waals surface area contributed by atoms with Crippen LogP contribution in [0.4, 0.5) is 4.39 Å². The van der Waals surface area contributed by atoms with E-state index in [1.165, 1.54) is 6.07 Å². The topological polar surface area (TPSA) is 9.23 Å². The Hall–Kier alpha value is -0.480. The zero-order chi connectivity index (χ0) is 15.6. The molecule has 2 rings (SSSR count). The fourth-order valence-corrected chi connectivity index (χ4v) is 3.56. The monoisotopic (exact) mass is 410 g/mol. The van der Waals surface area contributed by atoms with Crippen molar-refractivity contribution in [2.24, 2.45) is 0 Å². The van der Waals surface area contributed by atoms with Crippen LogP contribution in [0.1, 0.15) is 23.4 Å². The van der Waals surface area contributed by atoms with Gasteiger partial charge >= 0.3 is 0 Å². The third-order valence-electron chi connectivity index (χ3n) is 2.88. The van der Waals surface area contributed by atoms with Gasteiger partial charge in [-0.15, -0.1) is 11.6 Å². The molecule has 0 fully saturated rings. The van der Waals surface area contributed by atoms with E-state index in [-0.39, 0.29) is 0 Å². The van der Waals surface area contributed by atoms with E-state index in [2.05, 4.69) is 15.9 Å². The predicted molar refractivity (Wildman–Crippen MR) is 89.4 cm³/mol. The van der Waals surface area contributed by atoms with Crippen molar-refractivity contribution in [2.45, 2.75) is 12.3 Å². The van der Waals surface area contributed by atoms with Crippen molar-refractivity contribution in [3.8, 4) is 5.75 Å². The number of hydrogen-bond donors (Lipinski definition) is 0. The number of alkyl halides is 1. The minimum Gasteiger partial charge on any atom is -0.492 e. The molecular formula is C15H11BrCl3FO. The highest BCUT2D eigenvalue weighted by molar-refractivity contribution is 9.10. The Morgan fingerprint density at radius 3 is 2.57 bits per heavy atom. The summed E-state index contributed by atoms with van der Waals surface area (Å²) in [6.07, 6.45) is 0. The summed E-state index contributed by atoms with van der Waals surface area (Å²) in [5.41, 5.74) is 0.846. The second-order valence-corrected chi connectivity index (χ2v) is 6.34. The van der Waals surface area contributed by atoms with Crippen LogP contribution >= 0.6 is 50.7 Å². The van der Waals surface area contributed by atoms with Crippen LogP contribution in [0.25, 0.3) is 0 Å². The lowest BCUT2D eigenvalue weighted by Gasteiger charge is -2.16. The molecule has 1 atom stereocenters. The van der Waals surface area contributed by atoms with E-state index in [9.17, 15) is 4.39 Å². The molecule has 0 heterocycles. The van der Waals surface area contributed by atoms with Crippen molar-refractivity contribution in [1.82, 2.24) is 0 Å². The van der Waals surface area contributed by atoms with E-state index in [0.717, 1.165) is 0 Å². The SMILES string of the molecule is CCOc1cc(Cl)c(C(Cl)c2c(F)cccc2Br)cc1Cl. The molecule has 0 aliphatic carbocycles. The van der Waals surface area contributed by atoms with Crippen LogP contribution in [-0.2, 0) is 0 Å². The molecule has 0 saturated carbocycles. The van der Waals surface area contributed by atoms with Crippen molar-refractivity contribution in [1.29, 1.82) is 0 Å². The second-order valence-electron chi connectivity index (χ2n) is 4.24. The highest BCUT2D eigenvalue weighted by Gasteiger charge is 2.22. The van der Waals surface area contributed by atoms with Crippen LogP contribution in [0.15, 0.2) is 34.8 Å². The van der Waals surface area contributed by atoms with Crippen LogP contribution in [0, 0.1) is 5.82 Å². The smallest absolute Gasteiger partial charge is 0.139 e. The van der Waals surface area contributed by atoms with Gasteiger partial charge in [-0.25, -0.2) is 4.39 Å². The maximum absolute atomic E-state index is 14.0. The molecule has 112 valence electrons. The van der Waals surface area contributed by atoms with Crippen molar-refractivity contribution in [3.05, 3.63) is 61.8 Å². The zero-order valence-electron chi connectivity index (χ0n) is 11.0. The van der Waals surface area contributed by atoms with Crippen LogP contribution in [-0.4, -0.2) is 6.61 Å². The molecule has 6 heteroatoms. The number of rotatable bonds is 4. The summed E-state index contributed by atoms with van der Waals surface area (Å²) in [5, 5.41) is -0.00591. The maximum atomic E-state index is 14.0. The first kappa shape index (κ1) is 16.9. The van der Waals surface area contributed by atoms with Crippen LogP contribution < -0.4 is 4.74 Å². The molecule has 0 aliphatic rings. The molecule has 0 aliphatic heterocycles. The summed E-state index contributed by atoms with van der Waals surface area (Å²) in [4.78, 5) is 0. The Balaban J connectivity index is 2.49. The number of halogens is 5. The zero-order valence-corrected chi connectivity index (χ0v) is 14.8. The maximum Gasteiger partial charge on any atom is 0.139 e. The highest BCUT2D eigenvalue weighted by Crippen LogP contribution is 2.42. The van der Waals surface area contributed by atoms with Crippen molar-refractivity contribution < 1.29 is 9.13 Å². The van der Waals surface area contributed by atoms with Crippen molar-refractivity contribution in [3.63, 3.8) is 0 Å². The lowest BCUT2D eigenvalue weighted by atomic mass is 10.0. The molecule has 21 heavy (non-hydrogen) atoms. The third kappa shape index (κ3) is 3.65. The van der Waals surface area contributed by atoms with Crippen LogP contribution in [0.2, 0.25) is 10.0 Å². The summed E-state index contributed by atoms with van der Waals surface area (Å²) in [5.74, 6) is 0.0647. The molecular weight excluding hydrogens is 401 g/mol. The Bertz CT molecular complexity index is 643. The Morgan fingerprint density at radius 1 is 1.24 bits per heavy atom. The molecule has 1 unspecified atom stereocenters. The van der Waals surface area contributed by atoms with Gasteiger partial charge in [0.05, 0.1) is 17.0 Å². The fraction of sp³-hybridized carbons (Fsp3) is 0.200. The fourth-order valence-electron chi connectivity index (χ4n) is 1.91. The molecule has 0 aromatic heterocycles. The summed E-state index contributed by atoms with van der Waals surface area (Å²) in [6.45, 7) is 2.32. The first-order valence-corrected chi connectivity index (χ1v) is 8.14. The van der Waals surface area contributed by atoms with Gasteiger partial charge in [-0.1, -0.05) is 45.2 Å². The first-order valence-electron chi connectivity index (χ1n) is 6.15. The quantitative estimate of drug-likeness (QED) is 0.513. The van der Waals surface area contributed by atoms with Gasteiger partial charge in [0, 0.05) is 21.1 Å². The van der Waals surface area contributed by atoms with E-state index in [1.807, 2.05) is 6.92 Å². The van der Waals surface area contributed by atoms with E-state index >= 15 is 0 Å². The minimum atomic E-state index is -0.763. The predicted octanol–water partition coefficient (Wildman–Crippen LogP) is 6.62. The molecule has 0 bridgehead atoms. The summed E-state index contributed by atoms with van der Waals surface area (Å²) in [6, 6.07) is 7.86. The third-order valence-corrected chi connectivity index (χ3v) is 4.64. The molecule has 2 aromatic rings. The summed E-state index contributed by atoms with van der Waals surface area (Å²) < 4.78 is 19.9. The lowest BCUT2D eigenvalue weighted by molar-refractivity contribution is 0.340. The van der Waals surface area contributed by atoms with Crippen LogP contribution in [0.5, 0.6) is 5.75 Å². The van der Waals surface area contributed by atoms with Gasteiger partial charge in [-0.2, -0.15) is 0 Å². The molecule has 1 nitrogen and oxygen atoms in total. The second kappa shape index (κ2) is 7.19. The van der Waals surface area contributed by atoms with Gasteiger partial charge in [0.15, 0.2) is 0 Å². The lowest BCUT2D eigenvalue weighted by Crippen LogP contribution is -2.01. The molecule has 0 saturated heterocycles. The molecule has 0 amide bonds. The van der Waals surface area contributed by atoms with Gasteiger partial charge in [0.1, 0.15) is 11.6 Å². The van der Waals surface area contributed by atoms with E-state index < -0.39 is 11.2 Å². The van der Waals surface area contributed by atoms with Crippen molar-refractivity contribution in [2.75, 3.05) is 6.61 Å². The standard InChI is InChI=1S/C15H11BrCl3FO/c1-2-21-13-7-10(17)8(6-11(13)18)15(19)14-9(16)4-3-5-12(14)20/h3-7,15H,2H2,1H3. The minimum absolute atomic E-state index is 0.321. The number of benzene rings is 2. The van der Waals surface area contributed by atoms with Gasteiger partial charge in [0.25, 0.3) is 0 Å². The average molecular weight is 413 g/mol. The average Bonchev–Trinajstić information content (AvgIpc) is 2.42. The van der Waals surface area contributed by atoms with Crippen LogP contribution in [0.3, 0.4) is 0 Å². The van der Waals surface area contributed by atoms with E-state index in [4.69, 9.17) is 39.5 Å². The van der Waals surface area contributed by atoms with E-state index in [1.54, 1.807) is 24.3 Å². The van der Waals surface area contributed by atoms with Gasteiger partial charge < -0.3 is 4.74 Å². The van der Waals surface area contributed by atoms with Gasteiger partial charge in [0.2, 0.25) is 0 Å². The largest absolute Gasteiger partial charge is 0.492 e. The Morgan fingerprint density at radius 2 is 1.95 bits per heavy atom. The number of ether oxygens (including phenoxy) is 1. The Labute approximate surface area is 146 Å². The van der Waals surface area contributed by atoms with E-state index in [0.29, 0.717) is 38.0 Å². The molecule has 0 radical (unpaired) electrons. The summed E-state index contributed by atoms with van der Waals surface area (Å²) in [7, 11) is 0. The first-order chi connectivity index (χ1) is 9.95.